The molecule has 1 fully saturated rings. The Morgan fingerprint density at radius 3 is 2.06 bits per heavy atom. The minimum Gasteiger partial charge on any atom is -0.335 e. The van der Waals surface area contributed by atoms with Crippen LogP contribution in [0.15, 0.2) is 72.4 Å². The Kier molecular flexibility index (Phi) is 4.92. The Morgan fingerprint density at radius 2 is 1.35 bits per heavy atom. The molecule has 2 aliphatic heterocycles. The standard InChI is InChI=1S/C32H36N2/c1-21-13-6-11-20-28(21)33-24(4)30-26-18-9-10-19-27(26)32(5,25-16-7-8-17-25)34(30)31(33)29-22(2)14-12-15-23(29)3/h6,9-15,18-20,25,31H,7-8,16-17H2,1-5H3. The first-order chi connectivity index (χ1) is 16.4. The molecule has 2 heteroatoms. The zero-order valence-electron chi connectivity index (χ0n) is 21.2. The molecule has 2 nitrogen and oxygen atoms in total. The van der Waals surface area contributed by atoms with Gasteiger partial charge in [-0.05, 0) is 81.7 Å². The average Bonchev–Trinajstić information content (AvgIpc) is 3.52. The average molecular weight is 449 g/mol. The highest BCUT2D eigenvalue weighted by Crippen LogP contribution is 2.62. The molecule has 2 atom stereocenters. The molecule has 0 bridgehead atoms. The Balaban J connectivity index is 1.67. The summed E-state index contributed by atoms with van der Waals surface area (Å²) in [5.41, 5.74) is 12.6. The minimum absolute atomic E-state index is 0.0134. The van der Waals surface area contributed by atoms with E-state index >= 15 is 0 Å². The molecule has 3 aliphatic rings. The summed E-state index contributed by atoms with van der Waals surface area (Å²) in [5, 5.41) is 0. The molecule has 174 valence electrons. The van der Waals surface area contributed by atoms with Crippen molar-refractivity contribution in [3.05, 3.63) is 106 Å². The Hall–Kier alpha value is -3.00. The summed E-state index contributed by atoms with van der Waals surface area (Å²) >= 11 is 0. The molecule has 0 amide bonds. The van der Waals surface area contributed by atoms with Crippen molar-refractivity contribution < 1.29 is 0 Å². The second-order valence-electron chi connectivity index (χ2n) is 10.8. The number of benzene rings is 3. The summed E-state index contributed by atoms with van der Waals surface area (Å²) in [6.07, 6.45) is 5.48. The van der Waals surface area contributed by atoms with Gasteiger partial charge in [-0.25, -0.2) is 0 Å². The van der Waals surface area contributed by atoms with Crippen LogP contribution in [0.1, 0.15) is 79.1 Å². The summed E-state index contributed by atoms with van der Waals surface area (Å²) in [5.74, 6) is 0.669. The van der Waals surface area contributed by atoms with Crippen LogP contribution in [0, 0.1) is 26.7 Å². The lowest BCUT2D eigenvalue weighted by Crippen LogP contribution is -2.47. The fourth-order valence-corrected chi connectivity index (χ4v) is 7.32. The maximum Gasteiger partial charge on any atom is 0.134 e. The number of fused-ring (bicyclic) bond motifs is 3. The number of allylic oxidation sites excluding steroid dienone is 1. The molecular weight excluding hydrogens is 412 g/mol. The second kappa shape index (κ2) is 7.77. The highest BCUT2D eigenvalue weighted by molar-refractivity contribution is 5.83. The van der Waals surface area contributed by atoms with Gasteiger partial charge in [0, 0.05) is 22.5 Å². The van der Waals surface area contributed by atoms with Crippen LogP contribution in [0.3, 0.4) is 0 Å². The van der Waals surface area contributed by atoms with E-state index < -0.39 is 0 Å². The quantitative estimate of drug-likeness (QED) is 0.398. The van der Waals surface area contributed by atoms with Gasteiger partial charge in [0.2, 0.25) is 0 Å². The fourth-order valence-electron chi connectivity index (χ4n) is 7.32. The third-order valence-electron chi connectivity index (χ3n) is 8.99. The van der Waals surface area contributed by atoms with Crippen molar-refractivity contribution in [1.29, 1.82) is 0 Å². The van der Waals surface area contributed by atoms with Crippen molar-refractivity contribution in [2.24, 2.45) is 5.92 Å². The Morgan fingerprint density at radius 1 is 0.735 bits per heavy atom. The molecule has 3 aromatic rings. The van der Waals surface area contributed by atoms with Crippen LogP contribution in [0.2, 0.25) is 0 Å². The smallest absolute Gasteiger partial charge is 0.134 e. The molecule has 3 aromatic carbocycles. The first-order valence-electron chi connectivity index (χ1n) is 13.0. The lowest BCUT2D eigenvalue weighted by atomic mass is 9.77. The molecular formula is C32H36N2. The number of hydrogen-bond donors (Lipinski definition) is 0. The fraction of sp³-hybridized carbons (Fsp3) is 0.375. The maximum absolute atomic E-state index is 2.84. The SMILES string of the molecule is CC1=C2c3ccccc3C(C)(C3CCCC3)N2C(c2c(C)cccc2C)N1c1ccccc1C. The minimum atomic E-state index is -0.0134. The van der Waals surface area contributed by atoms with Gasteiger partial charge < -0.3 is 9.80 Å². The topological polar surface area (TPSA) is 6.48 Å². The number of aryl methyl sites for hydroxylation is 3. The monoisotopic (exact) mass is 448 g/mol. The summed E-state index contributed by atoms with van der Waals surface area (Å²) in [4.78, 5) is 5.48. The van der Waals surface area contributed by atoms with E-state index in [1.165, 1.54) is 76.1 Å². The van der Waals surface area contributed by atoms with E-state index in [-0.39, 0.29) is 11.7 Å². The highest BCUT2D eigenvalue weighted by atomic mass is 15.5. The van der Waals surface area contributed by atoms with Gasteiger partial charge in [-0.1, -0.05) is 73.5 Å². The van der Waals surface area contributed by atoms with Crippen molar-refractivity contribution in [3.63, 3.8) is 0 Å². The zero-order valence-corrected chi connectivity index (χ0v) is 21.2. The summed E-state index contributed by atoms with van der Waals surface area (Å²) < 4.78 is 0. The van der Waals surface area contributed by atoms with E-state index in [9.17, 15) is 0 Å². The van der Waals surface area contributed by atoms with Crippen LogP contribution >= 0.6 is 0 Å². The van der Waals surface area contributed by atoms with Crippen LogP contribution in [0.4, 0.5) is 5.69 Å². The third-order valence-corrected chi connectivity index (χ3v) is 8.99. The Labute approximate surface area is 204 Å². The van der Waals surface area contributed by atoms with Crippen LogP contribution in [0.5, 0.6) is 0 Å². The van der Waals surface area contributed by atoms with Crippen LogP contribution < -0.4 is 4.90 Å². The van der Waals surface area contributed by atoms with E-state index in [1.54, 1.807) is 0 Å². The van der Waals surface area contributed by atoms with Gasteiger partial charge in [-0.2, -0.15) is 0 Å². The molecule has 0 radical (unpaired) electrons. The van der Waals surface area contributed by atoms with Crippen molar-refractivity contribution in [2.45, 2.75) is 72.0 Å². The van der Waals surface area contributed by atoms with Gasteiger partial charge in [0.25, 0.3) is 0 Å². The van der Waals surface area contributed by atoms with E-state index in [0.717, 1.165) is 0 Å². The summed E-state index contributed by atoms with van der Waals surface area (Å²) in [7, 11) is 0. The predicted molar refractivity (Wildman–Crippen MR) is 142 cm³/mol. The van der Waals surface area contributed by atoms with Crippen molar-refractivity contribution in [2.75, 3.05) is 4.90 Å². The summed E-state index contributed by atoms with van der Waals surface area (Å²) in [6, 6.07) is 24.9. The number of rotatable bonds is 3. The van der Waals surface area contributed by atoms with Gasteiger partial charge >= 0.3 is 0 Å². The molecule has 1 saturated carbocycles. The normalized spacial score (nSPS) is 24.2. The van der Waals surface area contributed by atoms with E-state index in [1.807, 2.05) is 0 Å². The van der Waals surface area contributed by atoms with Crippen molar-refractivity contribution in [1.82, 2.24) is 4.90 Å². The van der Waals surface area contributed by atoms with Gasteiger partial charge in [0.15, 0.2) is 0 Å². The molecule has 2 unspecified atom stereocenters. The first-order valence-corrected chi connectivity index (χ1v) is 13.0. The predicted octanol–water partition coefficient (Wildman–Crippen LogP) is 8.24. The van der Waals surface area contributed by atoms with Crippen molar-refractivity contribution in [3.8, 4) is 0 Å². The molecule has 0 saturated heterocycles. The first kappa shape index (κ1) is 21.5. The molecule has 34 heavy (non-hydrogen) atoms. The van der Waals surface area contributed by atoms with Crippen molar-refractivity contribution >= 4 is 11.4 Å². The Bertz CT molecular complexity index is 1280. The highest BCUT2D eigenvalue weighted by Gasteiger charge is 2.57. The van der Waals surface area contributed by atoms with Gasteiger partial charge in [-0.15, -0.1) is 0 Å². The van der Waals surface area contributed by atoms with Gasteiger partial charge in [0.05, 0.1) is 11.2 Å². The largest absolute Gasteiger partial charge is 0.335 e. The number of nitrogens with zero attached hydrogens (tertiary/aromatic N) is 2. The zero-order chi connectivity index (χ0) is 23.6. The number of anilines is 1. The molecule has 0 N–H and O–H groups in total. The van der Waals surface area contributed by atoms with Crippen LogP contribution in [-0.4, -0.2) is 4.90 Å². The number of hydrogen-bond acceptors (Lipinski definition) is 2. The number of para-hydroxylation sites is 1. The molecule has 1 aliphatic carbocycles. The van der Waals surface area contributed by atoms with Crippen LogP contribution in [-0.2, 0) is 5.54 Å². The third kappa shape index (κ3) is 2.81. The van der Waals surface area contributed by atoms with Gasteiger partial charge in [0.1, 0.15) is 6.17 Å². The van der Waals surface area contributed by atoms with E-state index in [0.29, 0.717) is 5.92 Å². The van der Waals surface area contributed by atoms with Crippen LogP contribution in [0.25, 0.3) is 5.70 Å². The molecule has 0 aromatic heterocycles. The molecule has 0 spiro atoms. The lowest BCUT2D eigenvalue weighted by molar-refractivity contribution is 0.0850. The van der Waals surface area contributed by atoms with Gasteiger partial charge in [-0.3, -0.25) is 0 Å². The molecule has 2 heterocycles. The van der Waals surface area contributed by atoms with E-state index in [4.69, 9.17) is 0 Å². The second-order valence-corrected chi connectivity index (χ2v) is 10.8. The lowest BCUT2D eigenvalue weighted by Gasteiger charge is -2.47. The maximum atomic E-state index is 2.84. The molecule has 6 rings (SSSR count). The summed E-state index contributed by atoms with van der Waals surface area (Å²) in [6.45, 7) is 11.7. The van der Waals surface area contributed by atoms with E-state index in [2.05, 4.69) is 111 Å².